The average molecular weight is 393 g/mol. The lowest BCUT2D eigenvalue weighted by Crippen LogP contribution is -2.26. The van der Waals surface area contributed by atoms with E-state index in [9.17, 15) is 14.0 Å². The van der Waals surface area contributed by atoms with Crippen LogP contribution >= 0.6 is 0 Å². The van der Waals surface area contributed by atoms with Crippen molar-refractivity contribution < 1.29 is 18.7 Å². The van der Waals surface area contributed by atoms with E-state index in [0.717, 1.165) is 11.3 Å². The van der Waals surface area contributed by atoms with Crippen molar-refractivity contribution in [3.63, 3.8) is 0 Å². The van der Waals surface area contributed by atoms with Crippen molar-refractivity contribution in [2.75, 3.05) is 19.0 Å². The van der Waals surface area contributed by atoms with E-state index in [-0.39, 0.29) is 11.6 Å². The molecule has 0 saturated heterocycles. The Kier molecular flexibility index (Phi) is 6.52. The first kappa shape index (κ1) is 20.0. The lowest BCUT2D eigenvalue weighted by atomic mass is 10.1. The monoisotopic (exact) mass is 393 g/mol. The lowest BCUT2D eigenvalue weighted by Gasteiger charge is -2.10. The zero-order valence-corrected chi connectivity index (χ0v) is 15.8. The fourth-order valence-electron chi connectivity index (χ4n) is 2.75. The summed E-state index contributed by atoms with van der Waals surface area (Å²) in [6, 6.07) is 15.9. The van der Waals surface area contributed by atoms with Crippen LogP contribution in [0.25, 0.3) is 0 Å². The molecule has 1 heterocycles. The molecule has 0 radical (unpaired) electrons. The van der Waals surface area contributed by atoms with Gasteiger partial charge in [0.05, 0.1) is 7.11 Å². The summed E-state index contributed by atoms with van der Waals surface area (Å²) < 4.78 is 18.3. The Labute approximate surface area is 167 Å². The van der Waals surface area contributed by atoms with Crippen LogP contribution in [0.4, 0.5) is 10.1 Å². The number of pyridine rings is 1. The van der Waals surface area contributed by atoms with Gasteiger partial charge in [-0.2, -0.15) is 0 Å². The summed E-state index contributed by atoms with van der Waals surface area (Å²) in [5.41, 5.74) is 1.84. The molecule has 0 aliphatic heterocycles. The number of anilines is 1. The highest BCUT2D eigenvalue weighted by atomic mass is 19.1. The number of nitrogens with zero attached hydrogens (tertiary/aromatic N) is 1. The first-order valence-corrected chi connectivity index (χ1v) is 9.00. The Morgan fingerprint density at radius 1 is 1.03 bits per heavy atom. The number of ether oxygens (including phenoxy) is 1. The van der Waals surface area contributed by atoms with Crippen molar-refractivity contribution in [2.24, 2.45) is 0 Å². The van der Waals surface area contributed by atoms with Gasteiger partial charge in [0.2, 0.25) is 0 Å². The first-order valence-electron chi connectivity index (χ1n) is 9.00. The zero-order chi connectivity index (χ0) is 20.6. The summed E-state index contributed by atoms with van der Waals surface area (Å²) in [7, 11) is 1.60. The van der Waals surface area contributed by atoms with Gasteiger partial charge in [0, 0.05) is 24.0 Å². The van der Waals surface area contributed by atoms with E-state index < -0.39 is 11.7 Å². The van der Waals surface area contributed by atoms with Gasteiger partial charge in [-0.25, -0.2) is 4.39 Å². The third-order valence-corrected chi connectivity index (χ3v) is 4.23. The predicted molar refractivity (Wildman–Crippen MR) is 108 cm³/mol. The van der Waals surface area contributed by atoms with E-state index >= 15 is 0 Å². The van der Waals surface area contributed by atoms with Crippen LogP contribution in [0.1, 0.15) is 26.4 Å². The van der Waals surface area contributed by atoms with Crippen LogP contribution < -0.4 is 15.4 Å². The molecule has 6 nitrogen and oxygen atoms in total. The minimum absolute atomic E-state index is 0.0895. The maximum Gasteiger partial charge on any atom is 0.274 e. The van der Waals surface area contributed by atoms with Crippen LogP contribution in [0.3, 0.4) is 0 Å². The second kappa shape index (κ2) is 9.45. The molecule has 0 atom stereocenters. The summed E-state index contributed by atoms with van der Waals surface area (Å²) in [6.45, 7) is 0.415. The normalized spacial score (nSPS) is 10.3. The zero-order valence-electron chi connectivity index (χ0n) is 15.8. The molecule has 0 aliphatic carbocycles. The molecular weight excluding hydrogens is 373 g/mol. The highest BCUT2D eigenvalue weighted by Crippen LogP contribution is 2.17. The number of aromatic nitrogens is 1. The van der Waals surface area contributed by atoms with E-state index in [2.05, 4.69) is 15.6 Å². The average Bonchev–Trinajstić information content (AvgIpc) is 2.75. The molecule has 2 aromatic carbocycles. The van der Waals surface area contributed by atoms with Crippen molar-refractivity contribution in [3.8, 4) is 5.75 Å². The van der Waals surface area contributed by atoms with Crippen molar-refractivity contribution >= 4 is 17.5 Å². The molecule has 29 heavy (non-hydrogen) atoms. The third-order valence-electron chi connectivity index (χ3n) is 4.23. The molecule has 0 fully saturated rings. The van der Waals surface area contributed by atoms with E-state index in [0.29, 0.717) is 24.2 Å². The molecule has 2 N–H and O–H groups in total. The van der Waals surface area contributed by atoms with Crippen molar-refractivity contribution in [1.82, 2.24) is 10.3 Å². The minimum Gasteiger partial charge on any atom is -0.496 e. The van der Waals surface area contributed by atoms with Crippen molar-refractivity contribution in [1.29, 1.82) is 0 Å². The molecule has 3 aromatic rings. The van der Waals surface area contributed by atoms with Crippen LogP contribution in [-0.2, 0) is 6.42 Å². The molecule has 0 bridgehead atoms. The Hall–Kier alpha value is -3.74. The number of rotatable bonds is 7. The van der Waals surface area contributed by atoms with Crippen molar-refractivity contribution in [3.05, 3.63) is 89.5 Å². The summed E-state index contributed by atoms with van der Waals surface area (Å²) in [5.74, 6) is -0.420. The molecule has 3 rings (SSSR count). The lowest BCUT2D eigenvalue weighted by molar-refractivity contribution is 0.0954. The van der Waals surface area contributed by atoms with Crippen LogP contribution in [-0.4, -0.2) is 30.5 Å². The Morgan fingerprint density at radius 3 is 2.55 bits per heavy atom. The van der Waals surface area contributed by atoms with Gasteiger partial charge in [0.1, 0.15) is 17.3 Å². The fraction of sp³-hybridized carbons (Fsp3) is 0.136. The molecule has 0 aliphatic rings. The smallest absolute Gasteiger partial charge is 0.274 e. The number of halogens is 1. The Bertz CT molecular complexity index is 1010. The molecule has 148 valence electrons. The van der Waals surface area contributed by atoms with Crippen LogP contribution in [0.15, 0.2) is 66.9 Å². The first-order chi connectivity index (χ1) is 14.1. The molecule has 0 spiro atoms. The quantitative estimate of drug-likeness (QED) is 0.644. The molecule has 1 aromatic heterocycles. The standard InChI is InChI=1S/C22H20FN3O3/c1-29-20-5-3-2-4-15(20)10-13-25-21(27)16-11-12-24-19(14-16)22(28)26-18-8-6-17(23)7-9-18/h2-9,11-12,14H,10,13H2,1H3,(H,25,27)(H,26,28). The Balaban J connectivity index is 1.60. The second-order valence-electron chi connectivity index (χ2n) is 6.21. The molecule has 0 saturated carbocycles. The van der Waals surface area contributed by atoms with Crippen LogP contribution in [0.2, 0.25) is 0 Å². The van der Waals surface area contributed by atoms with Crippen LogP contribution in [0, 0.1) is 5.82 Å². The van der Waals surface area contributed by atoms with Gasteiger partial charge in [0.25, 0.3) is 11.8 Å². The van der Waals surface area contributed by atoms with E-state index in [1.54, 1.807) is 7.11 Å². The van der Waals surface area contributed by atoms with E-state index in [1.807, 2.05) is 24.3 Å². The maximum absolute atomic E-state index is 13.0. The number of para-hydroxylation sites is 1. The molecular formula is C22H20FN3O3. The number of nitrogens with one attached hydrogen (secondary N) is 2. The van der Waals surface area contributed by atoms with Gasteiger partial charge >= 0.3 is 0 Å². The summed E-state index contributed by atoms with van der Waals surface area (Å²) >= 11 is 0. The SMILES string of the molecule is COc1ccccc1CCNC(=O)c1ccnc(C(=O)Nc2ccc(F)cc2)c1. The number of carbonyl (C=O) groups is 2. The number of hydrogen-bond donors (Lipinski definition) is 2. The summed E-state index contributed by atoms with van der Waals surface area (Å²) in [5, 5.41) is 5.44. The van der Waals surface area contributed by atoms with Gasteiger partial charge in [-0.1, -0.05) is 18.2 Å². The third kappa shape index (κ3) is 5.38. The van der Waals surface area contributed by atoms with Gasteiger partial charge in [-0.15, -0.1) is 0 Å². The molecule has 2 amide bonds. The van der Waals surface area contributed by atoms with Gasteiger partial charge in [-0.3, -0.25) is 14.6 Å². The highest BCUT2D eigenvalue weighted by Gasteiger charge is 2.12. The van der Waals surface area contributed by atoms with E-state index in [1.165, 1.54) is 42.6 Å². The maximum atomic E-state index is 13.0. The summed E-state index contributed by atoms with van der Waals surface area (Å²) in [6.07, 6.45) is 2.01. The largest absolute Gasteiger partial charge is 0.496 e. The van der Waals surface area contributed by atoms with Gasteiger partial charge in [-0.05, 0) is 54.4 Å². The topological polar surface area (TPSA) is 80.3 Å². The minimum atomic E-state index is -0.486. The fourth-order valence-corrected chi connectivity index (χ4v) is 2.75. The van der Waals surface area contributed by atoms with Gasteiger partial charge in [0.15, 0.2) is 0 Å². The summed E-state index contributed by atoms with van der Waals surface area (Å²) in [4.78, 5) is 28.8. The number of carbonyl (C=O) groups excluding carboxylic acids is 2. The van der Waals surface area contributed by atoms with Crippen LogP contribution in [0.5, 0.6) is 5.75 Å². The number of methoxy groups -OCH3 is 1. The number of hydrogen-bond acceptors (Lipinski definition) is 4. The molecule has 7 heteroatoms. The van der Waals surface area contributed by atoms with Crippen molar-refractivity contribution in [2.45, 2.75) is 6.42 Å². The highest BCUT2D eigenvalue weighted by molar-refractivity contribution is 6.04. The number of benzene rings is 2. The predicted octanol–water partition coefficient (Wildman–Crippen LogP) is 3.45. The van der Waals surface area contributed by atoms with E-state index in [4.69, 9.17) is 4.74 Å². The molecule has 0 unspecified atom stereocenters. The van der Waals surface area contributed by atoms with Gasteiger partial charge < -0.3 is 15.4 Å². The number of amides is 2. The Morgan fingerprint density at radius 2 is 1.79 bits per heavy atom. The second-order valence-corrected chi connectivity index (χ2v) is 6.21.